The molecule has 242 valence electrons. The Kier molecular flexibility index (Phi) is 9.27. The van der Waals surface area contributed by atoms with E-state index < -0.39 is 52.3 Å². The highest BCUT2D eigenvalue weighted by Crippen LogP contribution is 2.33. The second-order valence-corrected chi connectivity index (χ2v) is 12.6. The third-order valence-electron chi connectivity index (χ3n) is 6.20. The van der Waals surface area contributed by atoms with E-state index in [2.05, 4.69) is 20.0 Å². The molecule has 0 bridgehead atoms. The number of benzene rings is 2. The van der Waals surface area contributed by atoms with Crippen molar-refractivity contribution in [2.24, 2.45) is 11.2 Å². The lowest BCUT2D eigenvalue weighted by Gasteiger charge is -2.32. The molecule has 0 radical (unpaired) electrons. The molecule has 1 fully saturated rings. The van der Waals surface area contributed by atoms with Crippen molar-refractivity contribution in [2.45, 2.75) is 44.4 Å². The van der Waals surface area contributed by atoms with Crippen LogP contribution in [0.25, 0.3) is 16.9 Å². The molecule has 1 N–H and O–H groups in total. The van der Waals surface area contributed by atoms with Crippen LogP contribution in [0.4, 0.5) is 18.0 Å². The van der Waals surface area contributed by atoms with Crippen LogP contribution in [0, 0.1) is 18.0 Å². The number of aryl methyl sites for hydroxylation is 1. The number of halogens is 3. The first-order valence-corrected chi connectivity index (χ1v) is 14.7. The SMILES string of the molecule is Cc1ccc(-c2cc(C(F)(F)F)nn2-c2ccc(S(=O)(=O)NC(=O)C3CN(/[N+]([O-])=N\OCOC(=O)OC(C)(C)C)C3)cc2)cc1. The number of hydrazine groups is 1. The lowest BCUT2D eigenvalue weighted by Crippen LogP contribution is -2.56. The Morgan fingerprint density at radius 1 is 1.09 bits per heavy atom. The van der Waals surface area contributed by atoms with Crippen LogP contribution in [-0.4, -0.2) is 65.7 Å². The van der Waals surface area contributed by atoms with Gasteiger partial charge >= 0.3 is 12.3 Å². The maximum absolute atomic E-state index is 13.5. The van der Waals surface area contributed by atoms with Gasteiger partial charge < -0.3 is 19.5 Å². The zero-order valence-electron chi connectivity index (χ0n) is 24.4. The second-order valence-electron chi connectivity index (χ2n) is 10.9. The van der Waals surface area contributed by atoms with E-state index >= 15 is 0 Å². The number of ether oxygens (including phenoxy) is 2. The normalized spacial score (nSPS) is 14.5. The van der Waals surface area contributed by atoms with E-state index in [0.717, 1.165) is 33.5 Å². The van der Waals surface area contributed by atoms with Gasteiger partial charge in [-0.25, -0.2) is 22.6 Å². The zero-order valence-corrected chi connectivity index (χ0v) is 25.3. The molecule has 2 aromatic carbocycles. The molecule has 18 heteroatoms. The van der Waals surface area contributed by atoms with Gasteiger partial charge in [0.2, 0.25) is 11.2 Å². The molecule has 0 saturated carbocycles. The molecular weight excluding hydrogens is 625 g/mol. The summed E-state index contributed by atoms with van der Waals surface area (Å²) < 4.78 is 78.6. The molecule has 0 unspecified atom stereocenters. The Morgan fingerprint density at radius 2 is 1.71 bits per heavy atom. The first-order valence-electron chi connectivity index (χ1n) is 13.3. The number of amides is 1. The fourth-order valence-electron chi connectivity index (χ4n) is 3.93. The molecule has 0 aliphatic carbocycles. The summed E-state index contributed by atoms with van der Waals surface area (Å²) in [5.74, 6) is -1.77. The Morgan fingerprint density at radius 3 is 2.29 bits per heavy atom. The van der Waals surface area contributed by atoms with E-state index in [1.165, 1.54) is 12.1 Å². The van der Waals surface area contributed by atoms with Crippen molar-refractivity contribution in [3.63, 3.8) is 0 Å². The number of nitrogens with one attached hydrogen (secondary N) is 1. The minimum Gasteiger partial charge on any atom is -0.569 e. The molecule has 1 aliphatic heterocycles. The van der Waals surface area contributed by atoms with Gasteiger partial charge in [-0.1, -0.05) is 29.8 Å². The summed E-state index contributed by atoms with van der Waals surface area (Å²) in [6.45, 7) is 5.62. The van der Waals surface area contributed by atoms with E-state index in [1.54, 1.807) is 45.0 Å². The molecule has 0 spiro atoms. The first-order chi connectivity index (χ1) is 20.9. The molecule has 1 aliphatic rings. The van der Waals surface area contributed by atoms with Crippen LogP contribution in [0.15, 0.2) is 64.8 Å². The van der Waals surface area contributed by atoms with Crippen molar-refractivity contribution in [1.82, 2.24) is 19.5 Å². The van der Waals surface area contributed by atoms with Gasteiger partial charge in [0.15, 0.2) is 5.69 Å². The van der Waals surface area contributed by atoms with Crippen molar-refractivity contribution >= 4 is 22.1 Å². The monoisotopic (exact) mass is 654 g/mol. The molecule has 4 rings (SSSR count). The molecule has 14 nitrogen and oxygen atoms in total. The number of alkyl halides is 3. The Balaban J connectivity index is 1.36. The Labute approximate surface area is 255 Å². The summed E-state index contributed by atoms with van der Waals surface area (Å²) in [7, 11) is -4.37. The number of carbonyl (C=O) groups is 2. The Bertz CT molecular complexity index is 1680. The summed E-state index contributed by atoms with van der Waals surface area (Å²) >= 11 is 0. The van der Waals surface area contributed by atoms with Crippen LogP contribution in [0.1, 0.15) is 32.0 Å². The number of carbonyl (C=O) groups excluding carboxylic acids is 2. The standard InChI is InChI=1S/C27H29F3N6O8S/c1-17-5-7-18(8-6-17)22-13-23(27(28,29)30)31-35(22)20-9-11-21(12-10-20)45(40,41)32-24(37)19-14-34(15-19)36(39)33-43-16-42-25(38)44-26(2,3)4/h5-13,19H,14-16H2,1-4H3,(H,32,37)/b36-33+. The van der Waals surface area contributed by atoms with Gasteiger partial charge in [-0.2, -0.15) is 18.3 Å². The average Bonchev–Trinajstić information content (AvgIpc) is 3.36. The number of hydrogen-bond donors (Lipinski definition) is 1. The van der Waals surface area contributed by atoms with Crippen LogP contribution in [0.5, 0.6) is 0 Å². The molecular formula is C27H29F3N6O8S. The van der Waals surface area contributed by atoms with Gasteiger partial charge in [0, 0.05) is 5.56 Å². The lowest BCUT2D eigenvalue weighted by molar-refractivity contribution is -0.726. The summed E-state index contributed by atoms with van der Waals surface area (Å²) in [6.07, 6.45) is -5.74. The second kappa shape index (κ2) is 12.6. The average molecular weight is 655 g/mol. The maximum atomic E-state index is 13.5. The third kappa shape index (κ3) is 8.40. The van der Waals surface area contributed by atoms with Crippen LogP contribution >= 0.6 is 0 Å². The van der Waals surface area contributed by atoms with E-state index in [-0.39, 0.29) is 34.3 Å². The summed E-state index contributed by atoms with van der Waals surface area (Å²) in [5, 5.41) is 19.8. The first kappa shape index (κ1) is 33.0. The maximum Gasteiger partial charge on any atom is 0.511 e. The molecule has 45 heavy (non-hydrogen) atoms. The van der Waals surface area contributed by atoms with Crippen molar-refractivity contribution < 1.29 is 50.5 Å². The highest BCUT2D eigenvalue weighted by Gasteiger charge is 2.40. The minimum atomic E-state index is -4.71. The largest absolute Gasteiger partial charge is 0.569 e. The van der Waals surface area contributed by atoms with E-state index in [1.807, 2.05) is 11.6 Å². The van der Waals surface area contributed by atoms with Crippen LogP contribution in [0.2, 0.25) is 0 Å². The van der Waals surface area contributed by atoms with Crippen molar-refractivity contribution in [2.75, 3.05) is 19.9 Å². The molecule has 1 amide bonds. The van der Waals surface area contributed by atoms with Crippen molar-refractivity contribution in [3.05, 3.63) is 71.1 Å². The molecule has 0 atom stereocenters. The smallest absolute Gasteiger partial charge is 0.511 e. The number of hydrogen-bond acceptors (Lipinski definition) is 10. The summed E-state index contributed by atoms with van der Waals surface area (Å²) in [6, 6.07) is 12.4. The van der Waals surface area contributed by atoms with Gasteiger partial charge in [-0.05, 0) is 58.0 Å². The summed E-state index contributed by atoms with van der Waals surface area (Å²) in [5.41, 5.74) is -0.253. The minimum absolute atomic E-state index is 0.0137. The van der Waals surface area contributed by atoms with Crippen LogP contribution in [-0.2, 0) is 35.3 Å². The topological polar surface area (TPSA) is 167 Å². The van der Waals surface area contributed by atoms with Gasteiger partial charge in [-0.3, -0.25) is 4.79 Å². The predicted molar refractivity (Wildman–Crippen MR) is 148 cm³/mol. The lowest BCUT2D eigenvalue weighted by atomic mass is 10.0. The highest BCUT2D eigenvalue weighted by atomic mass is 32.2. The third-order valence-corrected chi connectivity index (χ3v) is 7.56. The predicted octanol–water partition coefficient (Wildman–Crippen LogP) is 4.32. The fraction of sp³-hybridized carbons (Fsp3) is 0.370. The number of sulfonamides is 1. The number of rotatable bonds is 9. The van der Waals surface area contributed by atoms with Crippen LogP contribution in [0.3, 0.4) is 0 Å². The van der Waals surface area contributed by atoms with Gasteiger partial charge in [0.1, 0.15) is 5.60 Å². The Hall–Kier alpha value is -4.87. The fourth-order valence-corrected chi connectivity index (χ4v) is 4.97. The number of nitrogens with zero attached hydrogens (tertiary/aromatic N) is 5. The van der Waals surface area contributed by atoms with Crippen molar-refractivity contribution in [1.29, 1.82) is 0 Å². The van der Waals surface area contributed by atoms with Crippen LogP contribution < -0.4 is 4.72 Å². The van der Waals surface area contributed by atoms with E-state index in [4.69, 9.17) is 4.74 Å². The quantitative estimate of drug-likeness (QED) is 0.0876. The molecule has 2 heterocycles. The van der Waals surface area contributed by atoms with Crippen molar-refractivity contribution in [3.8, 4) is 16.9 Å². The summed E-state index contributed by atoms with van der Waals surface area (Å²) in [4.78, 5) is 28.3. The molecule has 3 aromatic rings. The van der Waals surface area contributed by atoms with Gasteiger partial charge in [-0.15, -0.1) is 5.01 Å². The number of aromatic nitrogens is 2. The van der Waals surface area contributed by atoms with E-state index in [0.29, 0.717) is 5.56 Å². The molecule has 1 aromatic heterocycles. The zero-order chi connectivity index (χ0) is 33.2. The molecule has 1 saturated heterocycles. The van der Waals surface area contributed by atoms with E-state index in [9.17, 15) is 36.4 Å². The highest BCUT2D eigenvalue weighted by molar-refractivity contribution is 7.90. The van der Waals surface area contributed by atoms with Gasteiger partial charge in [0.05, 0.1) is 40.3 Å². The van der Waals surface area contributed by atoms with Gasteiger partial charge in [0.25, 0.3) is 16.8 Å².